The fourth-order valence-corrected chi connectivity index (χ4v) is 2.63. The van der Waals surface area contributed by atoms with Gasteiger partial charge in [0.25, 0.3) is 0 Å². The highest BCUT2D eigenvalue weighted by Crippen LogP contribution is 2.23. The summed E-state index contributed by atoms with van der Waals surface area (Å²) < 4.78 is 28.0. The molecule has 0 amide bonds. The van der Waals surface area contributed by atoms with Crippen LogP contribution in [0.1, 0.15) is 5.56 Å². The van der Waals surface area contributed by atoms with Gasteiger partial charge in [0.05, 0.1) is 18.1 Å². The van der Waals surface area contributed by atoms with Crippen molar-refractivity contribution < 1.29 is 18.0 Å². The van der Waals surface area contributed by atoms with Crippen LogP contribution in [-0.4, -0.2) is 35.0 Å². The number of hydroxylamine groups is 1. The number of benzene rings is 1. The number of hydrogen-bond acceptors (Lipinski definition) is 5. The lowest BCUT2D eigenvalue weighted by Gasteiger charge is -2.11. The Morgan fingerprint density at radius 2 is 2.06 bits per heavy atom. The standard InChI is InChI=1S/C11H16ClNO4S/c1-16-6-7-17-13-8-9-10(12)4-3-5-11(9)18(2,14)15/h3-5,13H,6-8H2,1-2H3. The minimum absolute atomic E-state index is 0.206. The van der Waals surface area contributed by atoms with Gasteiger partial charge in [-0.3, -0.25) is 4.84 Å². The molecule has 1 aromatic carbocycles. The average Bonchev–Trinajstić information content (AvgIpc) is 2.29. The molecule has 7 heteroatoms. The van der Waals surface area contributed by atoms with E-state index in [0.29, 0.717) is 23.8 Å². The van der Waals surface area contributed by atoms with Crippen LogP contribution in [0.3, 0.4) is 0 Å². The first kappa shape index (κ1) is 15.4. The molecule has 1 aromatic rings. The van der Waals surface area contributed by atoms with E-state index in [9.17, 15) is 8.42 Å². The van der Waals surface area contributed by atoms with Crippen molar-refractivity contribution in [1.29, 1.82) is 0 Å². The van der Waals surface area contributed by atoms with Gasteiger partial charge in [-0.2, -0.15) is 5.48 Å². The third-order valence-corrected chi connectivity index (χ3v) is 3.75. The number of hydrogen-bond donors (Lipinski definition) is 1. The molecule has 0 aromatic heterocycles. The molecule has 0 bridgehead atoms. The lowest BCUT2D eigenvalue weighted by atomic mass is 10.2. The highest BCUT2D eigenvalue weighted by molar-refractivity contribution is 7.90. The van der Waals surface area contributed by atoms with Gasteiger partial charge in [-0.05, 0) is 12.1 Å². The van der Waals surface area contributed by atoms with Crippen LogP contribution in [0.4, 0.5) is 0 Å². The zero-order valence-electron chi connectivity index (χ0n) is 10.3. The summed E-state index contributed by atoms with van der Waals surface area (Å²) in [5.74, 6) is 0. The monoisotopic (exact) mass is 293 g/mol. The molecule has 0 aliphatic heterocycles. The number of halogens is 1. The maximum atomic E-state index is 11.6. The van der Waals surface area contributed by atoms with Crippen LogP contribution in [0.15, 0.2) is 23.1 Å². The van der Waals surface area contributed by atoms with Gasteiger partial charge in [-0.25, -0.2) is 8.42 Å². The third-order valence-electron chi connectivity index (χ3n) is 2.22. The van der Waals surface area contributed by atoms with Crippen molar-refractivity contribution in [3.05, 3.63) is 28.8 Å². The summed E-state index contributed by atoms with van der Waals surface area (Å²) in [7, 11) is -1.74. The number of methoxy groups -OCH3 is 1. The van der Waals surface area contributed by atoms with Gasteiger partial charge in [-0.1, -0.05) is 17.7 Å². The predicted octanol–water partition coefficient (Wildman–Crippen LogP) is 1.41. The summed E-state index contributed by atoms with van der Waals surface area (Å²) in [6.45, 7) is 1.04. The molecule has 0 saturated heterocycles. The molecule has 18 heavy (non-hydrogen) atoms. The molecule has 0 heterocycles. The van der Waals surface area contributed by atoms with Crippen LogP contribution in [0, 0.1) is 0 Å². The first-order valence-electron chi connectivity index (χ1n) is 5.28. The summed E-state index contributed by atoms with van der Waals surface area (Å²) in [6, 6.07) is 4.77. The zero-order valence-corrected chi connectivity index (χ0v) is 11.8. The van der Waals surface area contributed by atoms with Crippen molar-refractivity contribution in [2.45, 2.75) is 11.4 Å². The average molecular weight is 294 g/mol. The van der Waals surface area contributed by atoms with E-state index in [0.717, 1.165) is 6.26 Å². The number of rotatable bonds is 7. The lowest BCUT2D eigenvalue weighted by Crippen LogP contribution is -2.19. The molecular formula is C11H16ClNO4S. The Kier molecular flexibility index (Phi) is 6.04. The van der Waals surface area contributed by atoms with Crippen LogP contribution < -0.4 is 5.48 Å². The summed E-state index contributed by atoms with van der Waals surface area (Å²) in [4.78, 5) is 5.28. The molecule has 1 N–H and O–H groups in total. The number of sulfone groups is 1. The summed E-state index contributed by atoms with van der Waals surface area (Å²) in [6.07, 6.45) is 1.15. The van der Waals surface area contributed by atoms with E-state index >= 15 is 0 Å². The number of ether oxygens (including phenoxy) is 1. The highest BCUT2D eigenvalue weighted by Gasteiger charge is 2.15. The molecule has 1 rings (SSSR count). The lowest BCUT2D eigenvalue weighted by molar-refractivity contribution is 0.00317. The largest absolute Gasteiger partial charge is 0.382 e. The SMILES string of the molecule is COCCONCc1c(Cl)cccc1S(C)(=O)=O. The maximum absolute atomic E-state index is 11.6. The van der Waals surface area contributed by atoms with E-state index in [4.69, 9.17) is 21.2 Å². The summed E-state index contributed by atoms with van der Waals surface area (Å²) >= 11 is 5.99. The molecule has 5 nitrogen and oxygen atoms in total. The fraction of sp³-hybridized carbons (Fsp3) is 0.455. The normalized spacial score (nSPS) is 11.7. The van der Waals surface area contributed by atoms with Crippen molar-refractivity contribution in [2.75, 3.05) is 26.6 Å². The smallest absolute Gasteiger partial charge is 0.175 e. The van der Waals surface area contributed by atoms with Crippen LogP contribution in [-0.2, 0) is 26.0 Å². The molecule has 0 aliphatic carbocycles. The molecule has 0 radical (unpaired) electrons. The highest BCUT2D eigenvalue weighted by atomic mass is 35.5. The topological polar surface area (TPSA) is 64.6 Å². The molecule has 0 aliphatic rings. The first-order valence-corrected chi connectivity index (χ1v) is 7.54. The molecule has 0 spiro atoms. The summed E-state index contributed by atoms with van der Waals surface area (Å²) in [5, 5.41) is 0.390. The molecule has 0 atom stereocenters. The van der Waals surface area contributed by atoms with Gasteiger partial charge in [-0.15, -0.1) is 0 Å². The van der Waals surface area contributed by atoms with E-state index in [1.807, 2.05) is 0 Å². The van der Waals surface area contributed by atoms with Crippen LogP contribution in [0.25, 0.3) is 0 Å². The molecular weight excluding hydrogens is 278 g/mol. The fourth-order valence-electron chi connectivity index (χ4n) is 1.38. The van der Waals surface area contributed by atoms with Crippen LogP contribution in [0.2, 0.25) is 5.02 Å². The first-order chi connectivity index (χ1) is 8.46. The zero-order chi connectivity index (χ0) is 13.6. The predicted molar refractivity (Wildman–Crippen MR) is 69.2 cm³/mol. The minimum atomic E-state index is -3.31. The van der Waals surface area contributed by atoms with Gasteiger partial charge in [0, 0.05) is 30.5 Å². The maximum Gasteiger partial charge on any atom is 0.175 e. The van der Waals surface area contributed by atoms with Crippen LogP contribution >= 0.6 is 11.6 Å². The van der Waals surface area contributed by atoms with Gasteiger partial charge in [0.2, 0.25) is 0 Å². The molecule has 0 unspecified atom stereocenters. The third kappa shape index (κ3) is 4.55. The van der Waals surface area contributed by atoms with E-state index in [-0.39, 0.29) is 11.4 Å². The van der Waals surface area contributed by atoms with Gasteiger partial charge < -0.3 is 4.74 Å². The van der Waals surface area contributed by atoms with Gasteiger partial charge in [0.1, 0.15) is 0 Å². The van der Waals surface area contributed by atoms with Crippen LogP contribution in [0.5, 0.6) is 0 Å². The van der Waals surface area contributed by atoms with Gasteiger partial charge >= 0.3 is 0 Å². The summed E-state index contributed by atoms with van der Waals surface area (Å²) in [5.41, 5.74) is 3.16. The van der Waals surface area contributed by atoms with Crippen molar-refractivity contribution in [2.24, 2.45) is 0 Å². The second-order valence-electron chi connectivity index (χ2n) is 3.65. The Bertz CT molecular complexity index is 490. The van der Waals surface area contributed by atoms with Crippen molar-refractivity contribution in [1.82, 2.24) is 5.48 Å². The van der Waals surface area contributed by atoms with E-state index < -0.39 is 9.84 Å². The molecule has 102 valence electrons. The Morgan fingerprint density at radius 3 is 2.67 bits per heavy atom. The van der Waals surface area contributed by atoms with Gasteiger partial charge in [0.15, 0.2) is 9.84 Å². The molecule has 0 fully saturated rings. The Hall–Kier alpha value is -0.660. The second kappa shape index (κ2) is 7.06. The van der Waals surface area contributed by atoms with E-state index in [2.05, 4.69) is 5.48 Å². The molecule has 0 saturated carbocycles. The second-order valence-corrected chi connectivity index (χ2v) is 6.04. The Balaban J connectivity index is 2.75. The minimum Gasteiger partial charge on any atom is -0.382 e. The van der Waals surface area contributed by atoms with E-state index in [1.54, 1.807) is 19.2 Å². The van der Waals surface area contributed by atoms with Crippen molar-refractivity contribution in [3.63, 3.8) is 0 Å². The Morgan fingerprint density at radius 1 is 1.33 bits per heavy atom. The van der Waals surface area contributed by atoms with Crippen molar-refractivity contribution >= 4 is 21.4 Å². The Labute approximate surface area is 112 Å². The van der Waals surface area contributed by atoms with Crippen molar-refractivity contribution in [3.8, 4) is 0 Å². The quantitative estimate of drug-likeness (QED) is 0.608. The van der Waals surface area contributed by atoms with E-state index in [1.165, 1.54) is 6.07 Å². The number of nitrogens with one attached hydrogen (secondary N) is 1.